The SMILES string of the molecule is CCOCCOCC(CCc1ccc(C(F)(F)F)cc1)Oc1ccc(S(=O)(=O)Nc2ncns2)cc1C#N. The van der Waals surface area contributed by atoms with Gasteiger partial charge in [0.25, 0.3) is 10.0 Å². The van der Waals surface area contributed by atoms with Gasteiger partial charge in [0.1, 0.15) is 24.3 Å². The molecule has 1 N–H and O–H groups in total. The number of hydrogen-bond acceptors (Lipinski definition) is 9. The molecule has 0 radical (unpaired) electrons. The van der Waals surface area contributed by atoms with Gasteiger partial charge in [0.2, 0.25) is 5.13 Å². The molecule has 1 unspecified atom stereocenters. The minimum absolute atomic E-state index is 0.0148. The second-order valence-electron chi connectivity index (χ2n) is 7.87. The number of nitrogens with one attached hydrogen (secondary N) is 1. The molecular weight excluding hydrogens is 545 g/mol. The lowest BCUT2D eigenvalue weighted by molar-refractivity contribution is -0.137. The Balaban J connectivity index is 1.73. The van der Waals surface area contributed by atoms with Crippen molar-refractivity contribution in [3.05, 3.63) is 65.5 Å². The zero-order chi connectivity index (χ0) is 27.6. The molecule has 1 aromatic heterocycles. The Kier molecular flexibility index (Phi) is 10.4. The number of sulfonamides is 1. The fourth-order valence-corrected chi connectivity index (χ4v) is 4.97. The van der Waals surface area contributed by atoms with Crippen LogP contribution in [0.1, 0.15) is 30.0 Å². The molecule has 0 saturated heterocycles. The monoisotopic (exact) mass is 570 g/mol. The largest absolute Gasteiger partial charge is 0.487 e. The van der Waals surface area contributed by atoms with Gasteiger partial charge in [0.15, 0.2) is 0 Å². The summed E-state index contributed by atoms with van der Waals surface area (Å²) in [4.78, 5) is 3.62. The Labute approximate surface area is 222 Å². The van der Waals surface area contributed by atoms with Crippen LogP contribution in [0.25, 0.3) is 0 Å². The van der Waals surface area contributed by atoms with E-state index in [1.165, 1.54) is 36.7 Å². The minimum atomic E-state index is -4.42. The standard InChI is InChI=1S/C24H25F3N4O5S2/c1-2-34-11-12-35-15-20(8-5-17-3-6-19(7-4-17)24(25,26)27)36-22-10-9-21(13-18(22)14-28)38(32,33)31-23-29-16-30-37-23/h3-4,6-7,9-10,13,16,20H,2,5,8,11-12,15H2,1H3,(H,29,30,31). The highest BCUT2D eigenvalue weighted by molar-refractivity contribution is 7.93. The molecule has 38 heavy (non-hydrogen) atoms. The van der Waals surface area contributed by atoms with Crippen LogP contribution in [0.5, 0.6) is 5.75 Å². The van der Waals surface area contributed by atoms with E-state index in [2.05, 4.69) is 14.1 Å². The van der Waals surface area contributed by atoms with E-state index in [1.807, 2.05) is 13.0 Å². The summed E-state index contributed by atoms with van der Waals surface area (Å²) in [5.74, 6) is 0.146. The summed E-state index contributed by atoms with van der Waals surface area (Å²) in [5, 5.41) is 9.73. The van der Waals surface area contributed by atoms with Crippen LogP contribution in [0.2, 0.25) is 0 Å². The third-order valence-corrected chi connectivity index (χ3v) is 7.22. The van der Waals surface area contributed by atoms with Gasteiger partial charge in [-0.3, -0.25) is 4.72 Å². The fourth-order valence-electron chi connectivity index (χ4n) is 3.28. The van der Waals surface area contributed by atoms with Crippen LogP contribution >= 0.6 is 11.5 Å². The fraction of sp³-hybridized carbons (Fsp3) is 0.375. The zero-order valence-corrected chi connectivity index (χ0v) is 21.9. The number of hydrogen-bond donors (Lipinski definition) is 1. The average molecular weight is 571 g/mol. The number of benzene rings is 2. The number of halogens is 3. The van der Waals surface area contributed by atoms with E-state index in [9.17, 15) is 26.9 Å². The smallest absolute Gasteiger partial charge is 0.416 e. The number of nitriles is 1. The molecular formula is C24H25F3N4O5S2. The number of nitrogens with zero attached hydrogens (tertiary/aromatic N) is 3. The zero-order valence-electron chi connectivity index (χ0n) is 20.3. The molecule has 2 aromatic carbocycles. The van der Waals surface area contributed by atoms with Crippen molar-refractivity contribution < 1.29 is 35.8 Å². The summed E-state index contributed by atoms with van der Waals surface area (Å²) >= 11 is 0.864. The van der Waals surface area contributed by atoms with Crippen LogP contribution in [-0.2, 0) is 32.1 Å². The van der Waals surface area contributed by atoms with Gasteiger partial charge in [0.05, 0.1) is 35.8 Å². The summed E-state index contributed by atoms with van der Waals surface area (Å²) in [6.45, 7) is 3.18. The third-order valence-electron chi connectivity index (χ3n) is 5.17. The van der Waals surface area contributed by atoms with Gasteiger partial charge in [-0.05, 0) is 55.7 Å². The summed E-state index contributed by atoms with van der Waals surface area (Å²) in [6.07, 6.45) is -3.03. The van der Waals surface area contributed by atoms with Crippen molar-refractivity contribution in [2.24, 2.45) is 0 Å². The molecule has 0 bridgehead atoms. The van der Waals surface area contributed by atoms with E-state index in [0.29, 0.717) is 38.2 Å². The van der Waals surface area contributed by atoms with Crippen molar-refractivity contribution in [1.82, 2.24) is 9.36 Å². The van der Waals surface area contributed by atoms with E-state index in [0.717, 1.165) is 23.7 Å². The summed E-state index contributed by atoms with van der Waals surface area (Å²) in [6, 6.07) is 10.6. The van der Waals surface area contributed by atoms with Crippen molar-refractivity contribution in [3.63, 3.8) is 0 Å². The van der Waals surface area contributed by atoms with Crippen LogP contribution in [-0.4, -0.2) is 50.3 Å². The summed E-state index contributed by atoms with van der Waals surface area (Å²) in [7, 11) is -4.01. The van der Waals surface area contributed by atoms with Crippen molar-refractivity contribution in [2.45, 2.75) is 36.9 Å². The van der Waals surface area contributed by atoms with Crippen LogP contribution in [0.3, 0.4) is 0 Å². The van der Waals surface area contributed by atoms with E-state index < -0.39 is 27.9 Å². The molecule has 1 heterocycles. The molecule has 0 aliphatic heterocycles. The molecule has 0 aliphatic rings. The Morgan fingerprint density at radius 2 is 1.87 bits per heavy atom. The summed E-state index contributed by atoms with van der Waals surface area (Å²) in [5.41, 5.74) is -0.0766. The predicted octanol–water partition coefficient (Wildman–Crippen LogP) is 4.66. The van der Waals surface area contributed by atoms with Crippen LogP contribution in [0.15, 0.2) is 53.7 Å². The highest BCUT2D eigenvalue weighted by Gasteiger charge is 2.30. The van der Waals surface area contributed by atoms with Crippen LogP contribution < -0.4 is 9.46 Å². The second-order valence-corrected chi connectivity index (χ2v) is 10.3. The topological polar surface area (TPSA) is 123 Å². The van der Waals surface area contributed by atoms with Crippen LogP contribution in [0.4, 0.5) is 18.3 Å². The molecule has 3 aromatic rings. The molecule has 0 saturated carbocycles. The quantitative estimate of drug-likeness (QED) is 0.278. The Bertz CT molecular complexity index is 1310. The maximum absolute atomic E-state index is 12.9. The number of rotatable bonds is 14. The van der Waals surface area contributed by atoms with Gasteiger partial charge in [-0.2, -0.15) is 22.8 Å². The Morgan fingerprint density at radius 1 is 1.13 bits per heavy atom. The Morgan fingerprint density at radius 3 is 2.50 bits per heavy atom. The van der Waals surface area contributed by atoms with E-state index >= 15 is 0 Å². The van der Waals surface area contributed by atoms with Gasteiger partial charge in [-0.25, -0.2) is 13.4 Å². The highest BCUT2D eigenvalue weighted by Crippen LogP contribution is 2.30. The molecule has 14 heteroatoms. The van der Waals surface area contributed by atoms with Crippen molar-refractivity contribution in [2.75, 3.05) is 31.1 Å². The molecule has 204 valence electrons. The molecule has 0 amide bonds. The first kappa shape index (κ1) is 29.3. The van der Waals surface area contributed by atoms with E-state index in [1.54, 1.807) is 0 Å². The van der Waals surface area contributed by atoms with Gasteiger partial charge in [-0.1, -0.05) is 12.1 Å². The predicted molar refractivity (Wildman–Crippen MR) is 133 cm³/mol. The van der Waals surface area contributed by atoms with Gasteiger partial charge < -0.3 is 14.2 Å². The molecule has 0 aliphatic carbocycles. The molecule has 0 spiro atoms. The minimum Gasteiger partial charge on any atom is -0.487 e. The lowest BCUT2D eigenvalue weighted by Crippen LogP contribution is -2.25. The van der Waals surface area contributed by atoms with Gasteiger partial charge >= 0.3 is 6.18 Å². The highest BCUT2D eigenvalue weighted by atomic mass is 32.2. The lowest BCUT2D eigenvalue weighted by atomic mass is 10.0. The van der Waals surface area contributed by atoms with Gasteiger partial charge in [-0.15, -0.1) is 0 Å². The molecule has 3 rings (SSSR count). The first-order valence-corrected chi connectivity index (χ1v) is 13.7. The summed E-state index contributed by atoms with van der Waals surface area (Å²) < 4.78 is 86.8. The maximum Gasteiger partial charge on any atom is 0.416 e. The number of ether oxygens (including phenoxy) is 3. The normalized spacial score (nSPS) is 12.6. The number of aromatic nitrogens is 2. The van der Waals surface area contributed by atoms with Crippen molar-refractivity contribution >= 4 is 26.7 Å². The average Bonchev–Trinajstić information content (AvgIpc) is 3.39. The first-order valence-electron chi connectivity index (χ1n) is 11.4. The second kappa shape index (κ2) is 13.5. The van der Waals surface area contributed by atoms with Crippen LogP contribution in [0, 0.1) is 11.3 Å². The first-order chi connectivity index (χ1) is 18.1. The lowest BCUT2D eigenvalue weighted by Gasteiger charge is -2.21. The molecule has 9 nitrogen and oxygen atoms in total. The van der Waals surface area contributed by atoms with E-state index in [4.69, 9.17) is 14.2 Å². The van der Waals surface area contributed by atoms with E-state index in [-0.39, 0.29) is 27.9 Å². The maximum atomic E-state index is 12.9. The number of anilines is 1. The van der Waals surface area contributed by atoms with Crippen molar-refractivity contribution in [3.8, 4) is 11.8 Å². The molecule has 1 atom stereocenters. The number of aryl methyl sites for hydroxylation is 1. The Hall–Kier alpha value is -3.25. The molecule has 0 fully saturated rings. The number of alkyl halides is 3. The van der Waals surface area contributed by atoms with Gasteiger partial charge in [0, 0.05) is 18.1 Å². The third kappa shape index (κ3) is 8.66. The van der Waals surface area contributed by atoms with Crippen molar-refractivity contribution in [1.29, 1.82) is 5.26 Å².